The predicted octanol–water partition coefficient (Wildman–Crippen LogP) is 3.85. The van der Waals surface area contributed by atoms with Crippen LogP contribution in [0.2, 0.25) is 0 Å². The zero-order chi connectivity index (χ0) is 21.0. The second kappa shape index (κ2) is 8.59. The van der Waals surface area contributed by atoms with Crippen LogP contribution in [0, 0.1) is 0 Å². The summed E-state index contributed by atoms with van der Waals surface area (Å²) in [4.78, 5) is 14.8. The average Bonchev–Trinajstić information content (AvgIpc) is 3.02. The van der Waals surface area contributed by atoms with Crippen LogP contribution in [0.5, 0.6) is 0 Å². The standard InChI is InChI=1S/C21H23N3O4S/c1-3-9-20-19(15-23(4-2)16-10-6-5-7-11-16)21(25)24(22-20)17-12-8-13-18(14-17)29(26,27)28/h5-8,10-15H,3-4,9H2,1-2H3,(H,26,27,28). The second-order valence-corrected chi connectivity index (χ2v) is 7.97. The Hall–Kier alpha value is -2.97. The van der Waals surface area contributed by atoms with Crippen LogP contribution in [-0.4, -0.2) is 31.1 Å². The topological polar surface area (TPSA) is 90.3 Å². The Labute approximate surface area is 170 Å². The van der Waals surface area contributed by atoms with Crippen LogP contribution in [0.25, 0.3) is 0 Å². The molecule has 1 aliphatic heterocycles. The van der Waals surface area contributed by atoms with Gasteiger partial charge in [0.05, 0.1) is 21.9 Å². The summed E-state index contributed by atoms with van der Waals surface area (Å²) in [5, 5.41) is 5.63. The molecule has 29 heavy (non-hydrogen) atoms. The van der Waals surface area contributed by atoms with Gasteiger partial charge in [-0.1, -0.05) is 37.6 Å². The molecule has 0 fully saturated rings. The molecule has 152 valence electrons. The third-order valence-corrected chi connectivity index (χ3v) is 5.36. The van der Waals surface area contributed by atoms with Crippen LogP contribution in [0.15, 0.2) is 76.4 Å². The summed E-state index contributed by atoms with van der Waals surface area (Å²) in [6.45, 7) is 4.66. The van der Waals surface area contributed by atoms with Crippen LogP contribution >= 0.6 is 0 Å². The van der Waals surface area contributed by atoms with E-state index in [9.17, 15) is 17.8 Å². The minimum absolute atomic E-state index is 0.282. The van der Waals surface area contributed by atoms with Crippen molar-refractivity contribution in [3.05, 3.63) is 66.4 Å². The van der Waals surface area contributed by atoms with E-state index in [-0.39, 0.29) is 16.5 Å². The molecule has 1 N–H and O–H groups in total. The van der Waals surface area contributed by atoms with Crippen molar-refractivity contribution in [2.75, 3.05) is 16.5 Å². The minimum Gasteiger partial charge on any atom is -0.347 e. The molecule has 1 aliphatic rings. The van der Waals surface area contributed by atoms with Crippen molar-refractivity contribution in [2.45, 2.75) is 31.6 Å². The zero-order valence-electron chi connectivity index (χ0n) is 16.3. The molecule has 2 aromatic carbocycles. The van der Waals surface area contributed by atoms with Crippen LogP contribution in [-0.2, 0) is 14.9 Å². The highest BCUT2D eigenvalue weighted by Gasteiger charge is 2.31. The van der Waals surface area contributed by atoms with Crippen LogP contribution in [0.1, 0.15) is 26.7 Å². The fourth-order valence-corrected chi connectivity index (χ4v) is 3.60. The van der Waals surface area contributed by atoms with E-state index in [4.69, 9.17) is 0 Å². The molecule has 1 amide bonds. The maximum atomic E-state index is 13.1. The summed E-state index contributed by atoms with van der Waals surface area (Å²) in [5.41, 5.74) is 2.35. The van der Waals surface area contributed by atoms with Gasteiger partial charge < -0.3 is 4.90 Å². The Kier molecular flexibility index (Phi) is 6.14. The fraction of sp³-hybridized carbons (Fsp3) is 0.238. The van der Waals surface area contributed by atoms with Crippen LogP contribution in [0.3, 0.4) is 0 Å². The van der Waals surface area contributed by atoms with Crippen molar-refractivity contribution >= 4 is 33.1 Å². The number of amides is 1. The number of nitrogens with zero attached hydrogens (tertiary/aromatic N) is 3. The number of hydrazone groups is 1. The molecule has 0 bridgehead atoms. The normalized spacial score (nSPS) is 15.7. The first-order chi connectivity index (χ1) is 13.8. The lowest BCUT2D eigenvalue weighted by molar-refractivity contribution is -0.114. The van der Waals surface area contributed by atoms with E-state index >= 15 is 0 Å². The molecule has 7 nitrogen and oxygen atoms in total. The largest absolute Gasteiger partial charge is 0.347 e. The monoisotopic (exact) mass is 413 g/mol. The van der Waals surface area contributed by atoms with Crippen molar-refractivity contribution in [1.29, 1.82) is 0 Å². The van der Waals surface area contributed by atoms with Crippen molar-refractivity contribution < 1.29 is 17.8 Å². The highest BCUT2D eigenvalue weighted by Crippen LogP contribution is 2.28. The van der Waals surface area contributed by atoms with Gasteiger partial charge in [0.25, 0.3) is 16.0 Å². The number of carbonyl (C=O) groups excluding carboxylic acids is 1. The smallest absolute Gasteiger partial charge is 0.294 e. The third kappa shape index (κ3) is 4.55. The van der Waals surface area contributed by atoms with Gasteiger partial charge in [0.2, 0.25) is 0 Å². The highest BCUT2D eigenvalue weighted by atomic mass is 32.2. The Bertz CT molecular complexity index is 1060. The van der Waals surface area contributed by atoms with Gasteiger partial charge in [-0.25, -0.2) is 0 Å². The summed E-state index contributed by atoms with van der Waals surface area (Å²) >= 11 is 0. The highest BCUT2D eigenvalue weighted by molar-refractivity contribution is 7.85. The van der Waals surface area contributed by atoms with Gasteiger partial charge in [0.1, 0.15) is 0 Å². The van der Waals surface area contributed by atoms with Gasteiger partial charge >= 0.3 is 0 Å². The van der Waals surface area contributed by atoms with Crippen molar-refractivity contribution in [1.82, 2.24) is 0 Å². The number of para-hydroxylation sites is 1. The molecule has 0 aliphatic carbocycles. The number of hydrogen-bond acceptors (Lipinski definition) is 5. The van der Waals surface area contributed by atoms with E-state index in [0.717, 1.165) is 12.1 Å². The third-order valence-electron chi connectivity index (χ3n) is 4.51. The number of rotatable bonds is 7. The first kappa shape index (κ1) is 20.8. The van der Waals surface area contributed by atoms with E-state index in [2.05, 4.69) is 5.10 Å². The van der Waals surface area contributed by atoms with E-state index in [1.54, 1.807) is 12.3 Å². The maximum absolute atomic E-state index is 13.1. The van der Waals surface area contributed by atoms with Gasteiger partial charge in [-0.05, 0) is 43.7 Å². The second-order valence-electron chi connectivity index (χ2n) is 6.55. The average molecular weight is 413 g/mol. The summed E-state index contributed by atoms with van der Waals surface area (Å²) in [7, 11) is -4.38. The first-order valence-electron chi connectivity index (χ1n) is 9.38. The molecule has 8 heteroatoms. The van der Waals surface area contributed by atoms with E-state index < -0.39 is 10.1 Å². The molecule has 0 aromatic heterocycles. The SMILES string of the molecule is CCCC1=NN(c2cccc(S(=O)(=O)O)c2)C(=O)C1=CN(CC)c1ccccc1. The molecular formula is C21H23N3O4S. The van der Waals surface area contributed by atoms with Gasteiger partial charge in [0.15, 0.2) is 0 Å². The molecule has 3 rings (SSSR count). The molecule has 0 saturated carbocycles. The van der Waals surface area contributed by atoms with Gasteiger partial charge in [-0.15, -0.1) is 0 Å². The van der Waals surface area contributed by atoms with Crippen molar-refractivity contribution in [3.63, 3.8) is 0 Å². The predicted molar refractivity (Wildman–Crippen MR) is 114 cm³/mol. The van der Waals surface area contributed by atoms with Gasteiger partial charge in [-0.2, -0.15) is 18.5 Å². The number of anilines is 2. The molecule has 2 aromatic rings. The Balaban J connectivity index is 2.01. The zero-order valence-corrected chi connectivity index (χ0v) is 17.1. The summed E-state index contributed by atoms with van der Waals surface area (Å²) in [5.74, 6) is -0.338. The lowest BCUT2D eigenvalue weighted by Crippen LogP contribution is -2.24. The number of carbonyl (C=O) groups is 1. The summed E-state index contributed by atoms with van der Waals surface area (Å²) < 4.78 is 32.2. The van der Waals surface area contributed by atoms with Gasteiger partial charge in [0, 0.05) is 18.4 Å². The first-order valence-corrected chi connectivity index (χ1v) is 10.8. The molecule has 0 atom stereocenters. The number of hydrogen-bond donors (Lipinski definition) is 1. The molecule has 0 spiro atoms. The number of benzene rings is 2. The van der Waals surface area contributed by atoms with E-state index in [1.807, 2.05) is 49.1 Å². The van der Waals surface area contributed by atoms with Crippen molar-refractivity contribution in [2.24, 2.45) is 5.10 Å². The quantitative estimate of drug-likeness (QED) is 0.550. The van der Waals surface area contributed by atoms with E-state index in [0.29, 0.717) is 24.3 Å². The fourth-order valence-electron chi connectivity index (χ4n) is 3.08. The maximum Gasteiger partial charge on any atom is 0.294 e. The Morgan fingerprint density at radius 2 is 1.83 bits per heavy atom. The lowest BCUT2D eigenvalue weighted by Gasteiger charge is -2.19. The lowest BCUT2D eigenvalue weighted by atomic mass is 10.1. The Morgan fingerprint density at radius 1 is 1.10 bits per heavy atom. The molecular weight excluding hydrogens is 390 g/mol. The summed E-state index contributed by atoms with van der Waals surface area (Å²) in [6, 6.07) is 15.3. The molecule has 0 saturated heterocycles. The minimum atomic E-state index is -4.38. The van der Waals surface area contributed by atoms with Crippen LogP contribution in [0.4, 0.5) is 11.4 Å². The molecule has 0 radical (unpaired) electrons. The van der Waals surface area contributed by atoms with Crippen molar-refractivity contribution in [3.8, 4) is 0 Å². The van der Waals surface area contributed by atoms with Crippen LogP contribution < -0.4 is 9.91 Å². The summed E-state index contributed by atoms with van der Waals surface area (Å²) in [6.07, 6.45) is 3.21. The van der Waals surface area contributed by atoms with E-state index in [1.165, 1.54) is 23.2 Å². The molecule has 1 heterocycles. The van der Waals surface area contributed by atoms with Gasteiger partial charge in [-0.3, -0.25) is 9.35 Å². The molecule has 0 unspecified atom stereocenters. The Morgan fingerprint density at radius 3 is 2.45 bits per heavy atom.